The highest BCUT2D eigenvalue weighted by Crippen LogP contribution is 2.27. The molecule has 3 aromatic carbocycles. The summed E-state index contributed by atoms with van der Waals surface area (Å²) in [6.07, 6.45) is 3.66. The molecule has 2 N–H and O–H groups in total. The van der Waals surface area contributed by atoms with Crippen molar-refractivity contribution < 1.29 is 9.59 Å². The van der Waals surface area contributed by atoms with E-state index in [-0.39, 0.29) is 11.8 Å². The maximum absolute atomic E-state index is 12.9. The topological polar surface area (TPSA) is 75.5 Å². The van der Waals surface area contributed by atoms with Crippen LogP contribution >= 0.6 is 0 Å². The fourth-order valence-corrected chi connectivity index (χ4v) is 4.04. The van der Waals surface area contributed by atoms with Gasteiger partial charge in [-0.05, 0) is 61.9 Å². The van der Waals surface area contributed by atoms with E-state index in [9.17, 15) is 9.59 Å². The summed E-state index contributed by atoms with van der Waals surface area (Å²) in [5.74, 6) is -0.341. The van der Waals surface area contributed by atoms with E-state index < -0.39 is 0 Å². The molecular formula is C29H24N4O2. The second kappa shape index (κ2) is 9.27. The first-order valence-corrected chi connectivity index (χ1v) is 11.3. The Bertz CT molecular complexity index is 1550. The van der Waals surface area contributed by atoms with E-state index in [0.717, 1.165) is 22.4 Å². The van der Waals surface area contributed by atoms with Crippen molar-refractivity contribution in [1.29, 1.82) is 0 Å². The minimum absolute atomic E-state index is 0.146. The fraction of sp³-hybridized carbons (Fsp3) is 0.0690. The van der Waals surface area contributed by atoms with Crippen LogP contribution in [-0.2, 0) is 0 Å². The maximum Gasteiger partial charge on any atom is 0.255 e. The van der Waals surface area contributed by atoms with Gasteiger partial charge in [0, 0.05) is 28.6 Å². The van der Waals surface area contributed by atoms with Crippen LogP contribution in [0.2, 0.25) is 0 Å². The molecule has 2 amide bonds. The van der Waals surface area contributed by atoms with E-state index in [1.54, 1.807) is 18.3 Å². The summed E-state index contributed by atoms with van der Waals surface area (Å²) in [6.45, 7) is 3.90. The third kappa shape index (κ3) is 4.54. The van der Waals surface area contributed by atoms with Crippen LogP contribution < -0.4 is 10.6 Å². The van der Waals surface area contributed by atoms with Crippen molar-refractivity contribution in [3.05, 3.63) is 120 Å². The van der Waals surface area contributed by atoms with E-state index >= 15 is 0 Å². The lowest BCUT2D eigenvalue weighted by molar-refractivity contribution is 0.101. The number of aromatic nitrogens is 2. The lowest BCUT2D eigenvalue weighted by atomic mass is 10.0. The van der Waals surface area contributed by atoms with Gasteiger partial charge in [-0.15, -0.1) is 0 Å². The molecule has 0 spiro atoms. The second-order valence-corrected chi connectivity index (χ2v) is 8.43. The van der Waals surface area contributed by atoms with Gasteiger partial charge in [0.05, 0.1) is 17.6 Å². The van der Waals surface area contributed by atoms with Gasteiger partial charge < -0.3 is 10.6 Å². The number of amides is 2. The summed E-state index contributed by atoms with van der Waals surface area (Å²) < 4.78 is 1.92. The average Bonchev–Trinajstić information content (AvgIpc) is 3.31. The normalized spacial score (nSPS) is 10.8. The van der Waals surface area contributed by atoms with E-state index in [1.807, 2.05) is 97.2 Å². The van der Waals surface area contributed by atoms with Gasteiger partial charge in [-0.25, -0.2) is 4.98 Å². The number of carbonyl (C=O) groups is 2. The number of imidazole rings is 1. The lowest BCUT2D eigenvalue weighted by Crippen LogP contribution is -2.13. The first-order valence-electron chi connectivity index (χ1n) is 11.3. The Hall–Kier alpha value is -4.71. The number of rotatable bonds is 5. The molecule has 172 valence electrons. The highest BCUT2D eigenvalue weighted by atomic mass is 16.2. The molecule has 0 unspecified atom stereocenters. The number of fused-ring (bicyclic) bond motifs is 1. The van der Waals surface area contributed by atoms with Crippen molar-refractivity contribution in [2.45, 2.75) is 13.8 Å². The van der Waals surface area contributed by atoms with Crippen molar-refractivity contribution in [3.8, 4) is 11.3 Å². The molecule has 0 saturated heterocycles. The van der Waals surface area contributed by atoms with Gasteiger partial charge >= 0.3 is 0 Å². The molecule has 0 aliphatic rings. The second-order valence-electron chi connectivity index (χ2n) is 8.43. The van der Waals surface area contributed by atoms with E-state index in [4.69, 9.17) is 0 Å². The maximum atomic E-state index is 12.9. The molecule has 5 rings (SSSR count). The molecule has 6 nitrogen and oxygen atoms in total. The van der Waals surface area contributed by atoms with Crippen LogP contribution in [0, 0.1) is 13.8 Å². The van der Waals surface area contributed by atoms with Crippen LogP contribution in [0.5, 0.6) is 0 Å². The minimum Gasteiger partial charge on any atom is -0.322 e. The van der Waals surface area contributed by atoms with E-state index in [1.165, 1.54) is 0 Å². The first-order chi connectivity index (χ1) is 17.0. The van der Waals surface area contributed by atoms with Gasteiger partial charge in [0.2, 0.25) is 0 Å². The Morgan fingerprint density at radius 2 is 1.63 bits per heavy atom. The van der Waals surface area contributed by atoms with Crippen molar-refractivity contribution in [3.63, 3.8) is 0 Å². The van der Waals surface area contributed by atoms with Gasteiger partial charge in [0.15, 0.2) is 5.65 Å². The Morgan fingerprint density at radius 1 is 0.800 bits per heavy atom. The zero-order valence-electron chi connectivity index (χ0n) is 19.4. The van der Waals surface area contributed by atoms with Gasteiger partial charge in [0.1, 0.15) is 0 Å². The number of hydrogen-bond acceptors (Lipinski definition) is 3. The summed E-state index contributed by atoms with van der Waals surface area (Å²) in [7, 11) is 0. The molecule has 0 aliphatic heterocycles. The van der Waals surface area contributed by atoms with Gasteiger partial charge in [0.25, 0.3) is 11.8 Å². The van der Waals surface area contributed by atoms with E-state index in [2.05, 4.69) is 15.6 Å². The van der Waals surface area contributed by atoms with Crippen LogP contribution in [0.4, 0.5) is 11.4 Å². The number of anilines is 2. The minimum atomic E-state index is -0.195. The summed E-state index contributed by atoms with van der Waals surface area (Å²) in [6, 6.07) is 26.2. The third-order valence-corrected chi connectivity index (χ3v) is 5.87. The van der Waals surface area contributed by atoms with Crippen molar-refractivity contribution >= 4 is 28.8 Å². The molecule has 0 radical (unpaired) electrons. The molecule has 0 aliphatic carbocycles. The highest BCUT2D eigenvalue weighted by Gasteiger charge is 2.14. The zero-order valence-corrected chi connectivity index (χ0v) is 19.4. The fourth-order valence-electron chi connectivity index (χ4n) is 4.04. The van der Waals surface area contributed by atoms with Crippen LogP contribution in [0.3, 0.4) is 0 Å². The number of hydrogen-bond donors (Lipinski definition) is 2. The molecule has 0 fully saturated rings. The van der Waals surface area contributed by atoms with Crippen LogP contribution in [0.1, 0.15) is 31.8 Å². The van der Waals surface area contributed by atoms with Crippen LogP contribution in [0.15, 0.2) is 97.3 Å². The van der Waals surface area contributed by atoms with E-state index in [0.29, 0.717) is 28.1 Å². The summed E-state index contributed by atoms with van der Waals surface area (Å²) in [4.78, 5) is 30.1. The Kier molecular flexibility index (Phi) is 5.85. The van der Waals surface area contributed by atoms with Crippen molar-refractivity contribution in [2.75, 3.05) is 10.6 Å². The molecule has 35 heavy (non-hydrogen) atoms. The van der Waals surface area contributed by atoms with Crippen molar-refractivity contribution in [1.82, 2.24) is 9.38 Å². The van der Waals surface area contributed by atoms with Gasteiger partial charge in [-0.1, -0.05) is 48.0 Å². The number of carbonyl (C=O) groups excluding carboxylic acids is 2. The standard InChI is InChI=1S/C29H24N4O2/c1-19-13-14-20(2)24(16-19)29(35)31-23-11-6-10-22(17-23)26-18-30-27-25(12-7-15-33(26)27)32-28(34)21-8-4-3-5-9-21/h3-18H,1-2H3,(H,31,35)(H,32,34). The number of nitrogens with zero attached hydrogens (tertiary/aromatic N) is 2. The Balaban J connectivity index is 1.43. The molecule has 0 bridgehead atoms. The third-order valence-electron chi connectivity index (χ3n) is 5.87. The predicted molar refractivity (Wildman–Crippen MR) is 139 cm³/mol. The van der Waals surface area contributed by atoms with Crippen LogP contribution in [-0.4, -0.2) is 21.2 Å². The number of pyridine rings is 1. The Labute approximate surface area is 203 Å². The summed E-state index contributed by atoms with van der Waals surface area (Å²) >= 11 is 0. The largest absolute Gasteiger partial charge is 0.322 e. The average molecular weight is 461 g/mol. The quantitative estimate of drug-likeness (QED) is 0.332. The van der Waals surface area contributed by atoms with Crippen molar-refractivity contribution in [2.24, 2.45) is 0 Å². The molecule has 0 saturated carbocycles. The molecule has 6 heteroatoms. The molecular weight excluding hydrogens is 436 g/mol. The zero-order chi connectivity index (χ0) is 24.4. The molecule has 2 heterocycles. The predicted octanol–water partition coefficient (Wildman–Crippen LogP) is 6.12. The number of aryl methyl sites for hydroxylation is 2. The molecule has 0 atom stereocenters. The lowest BCUT2D eigenvalue weighted by Gasteiger charge is -2.11. The number of nitrogens with one attached hydrogen (secondary N) is 2. The number of benzene rings is 3. The smallest absolute Gasteiger partial charge is 0.255 e. The first kappa shape index (κ1) is 22.1. The summed E-state index contributed by atoms with van der Waals surface area (Å²) in [5, 5.41) is 5.96. The van der Waals surface area contributed by atoms with Gasteiger partial charge in [-0.2, -0.15) is 0 Å². The van der Waals surface area contributed by atoms with Crippen LogP contribution in [0.25, 0.3) is 16.9 Å². The molecule has 2 aromatic heterocycles. The highest BCUT2D eigenvalue weighted by molar-refractivity contribution is 6.06. The monoisotopic (exact) mass is 460 g/mol. The Morgan fingerprint density at radius 3 is 2.46 bits per heavy atom. The summed E-state index contributed by atoms with van der Waals surface area (Å²) in [5.41, 5.74) is 6.88. The molecule has 5 aromatic rings. The SMILES string of the molecule is Cc1ccc(C)c(C(=O)Nc2cccc(-c3cnc4c(NC(=O)c5ccccc5)cccn34)c2)c1. The van der Waals surface area contributed by atoms with Gasteiger partial charge in [-0.3, -0.25) is 14.0 Å².